The Balaban J connectivity index is 1.62. The van der Waals surface area contributed by atoms with E-state index in [9.17, 15) is 4.79 Å². The molecular formula is C19H19N3O2S. The molecule has 1 atom stereocenters. The highest BCUT2D eigenvalue weighted by molar-refractivity contribution is 7.18. The summed E-state index contributed by atoms with van der Waals surface area (Å²) in [6.45, 7) is 5.74. The van der Waals surface area contributed by atoms with E-state index in [2.05, 4.69) is 15.5 Å². The van der Waals surface area contributed by atoms with Gasteiger partial charge in [0.2, 0.25) is 5.13 Å². The number of carbonyl (C=O) groups is 1. The lowest BCUT2D eigenvalue weighted by Gasteiger charge is -2.13. The number of hydrogen-bond donors (Lipinski definition) is 1. The van der Waals surface area contributed by atoms with Crippen LogP contribution in [0.1, 0.15) is 18.1 Å². The lowest BCUT2D eigenvalue weighted by atomic mass is 10.2. The van der Waals surface area contributed by atoms with Crippen molar-refractivity contribution in [2.75, 3.05) is 5.32 Å². The average molecular weight is 353 g/mol. The zero-order valence-corrected chi connectivity index (χ0v) is 15.1. The van der Waals surface area contributed by atoms with Crippen molar-refractivity contribution in [3.63, 3.8) is 0 Å². The molecule has 0 fully saturated rings. The summed E-state index contributed by atoms with van der Waals surface area (Å²) in [5.74, 6) is 0.401. The summed E-state index contributed by atoms with van der Waals surface area (Å²) < 4.78 is 5.65. The second-order valence-corrected chi connectivity index (χ2v) is 6.82. The highest BCUT2D eigenvalue weighted by Gasteiger charge is 2.17. The maximum Gasteiger partial charge on any atom is 0.266 e. The summed E-state index contributed by atoms with van der Waals surface area (Å²) in [5.41, 5.74) is 3.30. The van der Waals surface area contributed by atoms with Gasteiger partial charge in [-0.05, 0) is 32.9 Å². The van der Waals surface area contributed by atoms with Crippen LogP contribution in [0.25, 0.3) is 10.6 Å². The van der Waals surface area contributed by atoms with Crippen LogP contribution in [0.2, 0.25) is 0 Å². The molecule has 25 heavy (non-hydrogen) atoms. The Morgan fingerprint density at radius 1 is 1.00 bits per heavy atom. The van der Waals surface area contributed by atoms with Crippen molar-refractivity contribution in [3.8, 4) is 16.3 Å². The number of anilines is 1. The van der Waals surface area contributed by atoms with Crippen LogP contribution in [-0.2, 0) is 4.79 Å². The van der Waals surface area contributed by atoms with Gasteiger partial charge in [-0.1, -0.05) is 58.9 Å². The standard InChI is InChI=1S/C19H19N3O2S/c1-12-4-8-15(9-5-12)18-21-22-19(25-18)20-17(23)14(3)24-16-10-6-13(2)7-11-16/h4-11,14H,1-3H3,(H,20,22,23). The minimum atomic E-state index is -0.630. The first-order valence-corrected chi connectivity index (χ1v) is 8.77. The molecule has 3 rings (SSSR count). The fraction of sp³-hybridized carbons (Fsp3) is 0.211. The maximum absolute atomic E-state index is 12.3. The first kappa shape index (κ1) is 17.1. The second kappa shape index (κ2) is 7.44. The molecule has 2 aromatic carbocycles. The third-order valence-corrected chi connectivity index (χ3v) is 4.54. The number of benzene rings is 2. The monoisotopic (exact) mass is 353 g/mol. The predicted molar refractivity (Wildman–Crippen MR) is 100.0 cm³/mol. The first-order chi connectivity index (χ1) is 12.0. The molecule has 1 heterocycles. The number of ether oxygens (including phenoxy) is 1. The molecule has 0 spiro atoms. The molecule has 0 aliphatic carbocycles. The van der Waals surface area contributed by atoms with E-state index in [1.807, 2.05) is 62.4 Å². The van der Waals surface area contributed by atoms with Crippen LogP contribution in [-0.4, -0.2) is 22.2 Å². The predicted octanol–water partition coefficient (Wildman–Crippen LogP) is 4.23. The zero-order chi connectivity index (χ0) is 17.8. The van der Waals surface area contributed by atoms with E-state index < -0.39 is 6.10 Å². The van der Waals surface area contributed by atoms with Gasteiger partial charge in [-0.25, -0.2) is 0 Å². The molecule has 0 aliphatic heterocycles. The Hall–Kier alpha value is -2.73. The van der Waals surface area contributed by atoms with Gasteiger partial charge in [-0.15, -0.1) is 10.2 Å². The van der Waals surface area contributed by atoms with E-state index in [0.717, 1.165) is 16.1 Å². The van der Waals surface area contributed by atoms with Gasteiger partial charge in [-0.3, -0.25) is 10.1 Å². The van der Waals surface area contributed by atoms with E-state index in [0.29, 0.717) is 10.9 Å². The molecule has 0 aliphatic rings. The molecule has 0 saturated carbocycles. The number of hydrogen-bond acceptors (Lipinski definition) is 5. The van der Waals surface area contributed by atoms with Crippen molar-refractivity contribution in [1.82, 2.24) is 10.2 Å². The van der Waals surface area contributed by atoms with Crippen molar-refractivity contribution in [3.05, 3.63) is 59.7 Å². The van der Waals surface area contributed by atoms with Gasteiger partial charge < -0.3 is 4.74 Å². The summed E-state index contributed by atoms with van der Waals surface area (Å²) >= 11 is 1.34. The van der Waals surface area contributed by atoms with Gasteiger partial charge in [0, 0.05) is 5.56 Å². The largest absolute Gasteiger partial charge is 0.481 e. The van der Waals surface area contributed by atoms with Crippen LogP contribution >= 0.6 is 11.3 Å². The molecule has 128 valence electrons. The van der Waals surface area contributed by atoms with E-state index in [4.69, 9.17) is 4.74 Å². The molecule has 1 N–H and O–H groups in total. The quantitative estimate of drug-likeness (QED) is 0.745. The van der Waals surface area contributed by atoms with Crippen LogP contribution in [0.4, 0.5) is 5.13 Å². The van der Waals surface area contributed by atoms with Crippen molar-refractivity contribution >= 4 is 22.4 Å². The maximum atomic E-state index is 12.3. The second-order valence-electron chi connectivity index (χ2n) is 5.84. The summed E-state index contributed by atoms with van der Waals surface area (Å²) in [6, 6.07) is 15.6. The molecule has 6 heteroatoms. The summed E-state index contributed by atoms with van der Waals surface area (Å²) in [6.07, 6.45) is -0.630. The lowest BCUT2D eigenvalue weighted by molar-refractivity contribution is -0.122. The van der Waals surface area contributed by atoms with Gasteiger partial charge in [0.15, 0.2) is 6.10 Å². The molecule has 1 aromatic heterocycles. The molecule has 5 nitrogen and oxygen atoms in total. The third-order valence-electron chi connectivity index (χ3n) is 3.66. The van der Waals surface area contributed by atoms with Crippen LogP contribution in [0.3, 0.4) is 0 Å². The Labute approximate surface area is 150 Å². The van der Waals surface area contributed by atoms with E-state index >= 15 is 0 Å². The Morgan fingerprint density at radius 3 is 2.24 bits per heavy atom. The van der Waals surface area contributed by atoms with Crippen molar-refractivity contribution in [2.24, 2.45) is 0 Å². The van der Waals surface area contributed by atoms with Gasteiger partial charge in [0.1, 0.15) is 10.8 Å². The molecule has 0 saturated heterocycles. The van der Waals surface area contributed by atoms with Gasteiger partial charge in [0.05, 0.1) is 0 Å². The van der Waals surface area contributed by atoms with E-state index in [1.54, 1.807) is 6.92 Å². The number of nitrogens with one attached hydrogen (secondary N) is 1. The first-order valence-electron chi connectivity index (χ1n) is 7.96. The van der Waals surface area contributed by atoms with Gasteiger partial charge in [-0.2, -0.15) is 0 Å². The van der Waals surface area contributed by atoms with Crippen LogP contribution < -0.4 is 10.1 Å². The summed E-state index contributed by atoms with van der Waals surface area (Å²) in [4.78, 5) is 12.3. The number of aryl methyl sites for hydroxylation is 2. The highest BCUT2D eigenvalue weighted by Crippen LogP contribution is 2.26. The summed E-state index contributed by atoms with van der Waals surface area (Å²) in [7, 11) is 0. The number of amides is 1. The molecule has 0 radical (unpaired) electrons. The van der Waals surface area contributed by atoms with Crippen molar-refractivity contribution < 1.29 is 9.53 Å². The minimum Gasteiger partial charge on any atom is -0.481 e. The van der Waals surface area contributed by atoms with Gasteiger partial charge >= 0.3 is 0 Å². The van der Waals surface area contributed by atoms with Crippen LogP contribution in [0.15, 0.2) is 48.5 Å². The number of aromatic nitrogens is 2. The molecule has 1 amide bonds. The Morgan fingerprint density at radius 2 is 1.60 bits per heavy atom. The summed E-state index contributed by atoms with van der Waals surface area (Å²) in [5, 5.41) is 12.2. The topological polar surface area (TPSA) is 64.1 Å². The van der Waals surface area contributed by atoms with E-state index in [1.165, 1.54) is 16.9 Å². The third kappa shape index (κ3) is 4.42. The van der Waals surface area contributed by atoms with Crippen molar-refractivity contribution in [1.29, 1.82) is 0 Å². The Kier molecular flexibility index (Phi) is 5.09. The van der Waals surface area contributed by atoms with E-state index in [-0.39, 0.29) is 5.91 Å². The minimum absolute atomic E-state index is 0.257. The number of carbonyl (C=O) groups excluding carboxylic acids is 1. The zero-order valence-electron chi connectivity index (χ0n) is 14.3. The average Bonchev–Trinajstić information content (AvgIpc) is 3.06. The van der Waals surface area contributed by atoms with Crippen LogP contribution in [0.5, 0.6) is 5.75 Å². The normalized spacial score (nSPS) is 11.8. The molecule has 0 bridgehead atoms. The fourth-order valence-corrected chi connectivity index (χ4v) is 2.92. The number of rotatable bonds is 5. The smallest absolute Gasteiger partial charge is 0.266 e. The highest BCUT2D eigenvalue weighted by atomic mass is 32.1. The van der Waals surface area contributed by atoms with Crippen molar-refractivity contribution in [2.45, 2.75) is 26.9 Å². The van der Waals surface area contributed by atoms with Gasteiger partial charge in [0.25, 0.3) is 5.91 Å². The SMILES string of the molecule is Cc1ccc(OC(C)C(=O)Nc2nnc(-c3ccc(C)cc3)s2)cc1. The number of nitrogens with zero attached hydrogens (tertiary/aromatic N) is 2. The van der Waals surface area contributed by atoms with Crippen LogP contribution in [0, 0.1) is 13.8 Å². The molecule has 1 unspecified atom stereocenters. The Bertz CT molecular complexity index is 857. The molecular weight excluding hydrogens is 334 g/mol. The lowest BCUT2D eigenvalue weighted by Crippen LogP contribution is -2.30. The molecule has 3 aromatic rings. The fourth-order valence-electron chi connectivity index (χ4n) is 2.17.